The standard InChI is InChI=1S/C47H33N3/c1-2-10-38-28-39(26-21-32(38)8-1)33-17-22-36(23-18-33)45-30-46(37-24-19-34(20-25-37)42-14-7-27-48-31-42)50-47(49-45)41-13-5-12-40(29-41)44-16-6-11-35-9-3-4-15-43(35)44/h2-7,9-31H,1,8H2. The number of aromatic nitrogens is 3. The Morgan fingerprint density at radius 1 is 0.460 bits per heavy atom. The topological polar surface area (TPSA) is 38.7 Å². The first-order valence-corrected chi connectivity index (χ1v) is 17.1. The van der Waals surface area contributed by atoms with E-state index < -0.39 is 0 Å². The molecular weight excluding hydrogens is 607 g/mol. The third-order valence-electron chi connectivity index (χ3n) is 9.66. The first-order valence-electron chi connectivity index (χ1n) is 17.1. The van der Waals surface area contributed by atoms with E-state index in [0.717, 1.165) is 57.6 Å². The molecule has 0 aliphatic heterocycles. The van der Waals surface area contributed by atoms with Crippen molar-refractivity contribution in [2.24, 2.45) is 0 Å². The molecule has 0 bridgehead atoms. The van der Waals surface area contributed by atoms with E-state index in [9.17, 15) is 0 Å². The average molecular weight is 640 g/mol. The number of pyridine rings is 1. The molecule has 3 heteroatoms. The number of allylic oxidation sites excluding steroid dienone is 1. The van der Waals surface area contributed by atoms with Crippen LogP contribution >= 0.6 is 0 Å². The SMILES string of the molecule is C1=Cc2cc(-c3ccc(-c4cc(-c5ccc(-c6cccnc6)cc5)nc(-c5cccc(-c6cccc7ccccc67)c5)n4)cc3)ccc2CC1. The summed E-state index contributed by atoms with van der Waals surface area (Å²) in [5.74, 6) is 0.696. The maximum Gasteiger partial charge on any atom is 0.160 e. The summed E-state index contributed by atoms with van der Waals surface area (Å²) in [6.45, 7) is 0. The van der Waals surface area contributed by atoms with Crippen molar-refractivity contribution in [3.63, 3.8) is 0 Å². The number of benzene rings is 6. The molecule has 0 amide bonds. The Hall–Kier alpha value is -6.45. The van der Waals surface area contributed by atoms with E-state index in [1.165, 1.54) is 38.6 Å². The molecule has 0 saturated heterocycles. The zero-order chi connectivity index (χ0) is 33.3. The molecule has 0 atom stereocenters. The van der Waals surface area contributed by atoms with Crippen LogP contribution in [0, 0.1) is 0 Å². The minimum atomic E-state index is 0.696. The van der Waals surface area contributed by atoms with E-state index >= 15 is 0 Å². The van der Waals surface area contributed by atoms with Crippen molar-refractivity contribution >= 4 is 16.8 Å². The average Bonchev–Trinajstić information content (AvgIpc) is 3.21. The minimum Gasteiger partial charge on any atom is -0.264 e. The van der Waals surface area contributed by atoms with Gasteiger partial charge in [-0.3, -0.25) is 4.98 Å². The molecule has 1 aliphatic carbocycles. The van der Waals surface area contributed by atoms with Crippen molar-refractivity contribution in [1.82, 2.24) is 15.0 Å². The fourth-order valence-electron chi connectivity index (χ4n) is 6.98. The Balaban J connectivity index is 1.13. The monoisotopic (exact) mass is 639 g/mol. The number of fused-ring (bicyclic) bond motifs is 2. The van der Waals surface area contributed by atoms with Gasteiger partial charge in [-0.1, -0.05) is 140 Å². The summed E-state index contributed by atoms with van der Waals surface area (Å²) in [7, 11) is 0. The van der Waals surface area contributed by atoms with E-state index in [2.05, 4.69) is 163 Å². The van der Waals surface area contributed by atoms with Gasteiger partial charge in [0.2, 0.25) is 0 Å². The normalized spacial score (nSPS) is 12.2. The van der Waals surface area contributed by atoms with Crippen molar-refractivity contribution in [3.8, 4) is 67.3 Å². The Labute approximate surface area is 292 Å². The van der Waals surface area contributed by atoms with Crippen LogP contribution in [0.2, 0.25) is 0 Å². The van der Waals surface area contributed by atoms with Crippen molar-refractivity contribution in [1.29, 1.82) is 0 Å². The van der Waals surface area contributed by atoms with Crippen LogP contribution in [0.5, 0.6) is 0 Å². The first kappa shape index (κ1) is 29.7. The van der Waals surface area contributed by atoms with E-state index in [1.807, 2.05) is 12.3 Å². The van der Waals surface area contributed by atoms with Crippen molar-refractivity contribution < 1.29 is 0 Å². The number of rotatable bonds is 6. The summed E-state index contributed by atoms with van der Waals surface area (Å²) in [6.07, 6.45) is 10.4. The predicted octanol–water partition coefficient (Wildman–Crippen LogP) is 12.0. The van der Waals surface area contributed by atoms with Crippen LogP contribution in [0.25, 0.3) is 84.1 Å². The molecular formula is C47H33N3. The minimum absolute atomic E-state index is 0.696. The van der Waals surface area contributed by atoms with Gasteiger partial charge in [0, 0.05) is 29.1 Å². The Bertz CT molecular complexity index is 2510. The molecule has 236 valence electrons. The van der Waals surface area contributed by atoms with E-state index in [1.54, 1.807) is 6.20 Å². The van der Waals surface area contributed by atoms with Gasteiger partial charge in [-0.05, 0) is 92.4 Å². The second-order valence-corrected chi connectivity index (χ2v) is 12.8. The van der Waals surface area contributed by atoms with Crippen molar-refractivity contribution in [2.45, 2.75) is 12.8 Å². The van der Waals surface area contributed by atoms with Gasteiger partial charge in [-0.15, -0.1) is 0 Å². The molecule has 0 saturated carbocycles. The zero-order valence-corrected chi connectivity index (χ0v) is 27.5. The van der Waals surface area contributed by atoms with Crippen LogP contribution in [0.1, 0.15) is 17.5 Å². The van der Waals surface area contributed by atoms with Crippen LogP contribution in [0.3, 0.4) is 0 Å². The van der Waals surface area contributed by atoms with Gasteiger partial charge in [0.25, 0.3) is 0 Å². The molecule has 0 radical (unpaired) electrons. The van der Waals surface area contributed by atoms with E-state index in [0.29, 0.717) is 5.82 Å². The molecule has 1 aliphatic rings. The summed E-state index contributed by atoms with van der Waals surface area (Å²) in [5.41, 5.74) is 14.5. The number of nitrogens with zero attached hydrogens (tertiary/aromatic N) is 3. The lowest BCUT2D eigenvalue weighted by molar-refractivity contribution is 0.986. The highest BCUT2D eigenvalue weighted by Crippen LogP contribution is 2.34. The molecule has 2 aromatic heterocycles. The molecule has 0 spiro atoms. The number of aryl methyl sites for hydroxylation is 1. The zero-order valence-electron chi connectivity index (χ0n) is 27.5. The van der Waals surface area contributed by atoms with Gasteiger partial charge in [0.1, 0.15) is 0 Å². The van der Waals surface area contributed by atoms with Gasteiger partial charge < -0.3 is 0 Å². The van der Waals surface area contributed by atoms with Gasteiger partial charge in [-0.25, -0.2) is 9.97 Å². The third kappa shape index (κ3) is 5.80. The summed E-state index contributed by atoms with van der Waals surface area (Å²) in [6, 6.07) is 53.9. The van der Waals surface area contributed by atoms with Gasteiger partial charge in [-0.2, -0.15) is 0 Å². The van der Waals surface area contributed by atoms with Crippen LogP contribution in [0.15, 0.2) is 170 Å². The molecule has 50 heavy (non-hydrogen) atoms. The van der Waals surface area contributed by atoms with Gasteiger partial charge >= 0.3 is 0 Å². The highest BCUT2D eigenvalue weighted by Gasteiger charge is 2.14. The molecule has 9 rings (SSSR count). The van der Waals surface area contributed by atoms with Crippen molar-refractivity contribution in [2.75, 3.05) is 0 Å². The van der Waals surface area contributed by atoms with Crippen LogP contribution in [-0.4, -0.2) is 15.0 Å². The lowest BCUT2D eigenvalue weighted by Crippen LogP contribution is -1.96. The van der Waals surface area contributed by atoms with Crippen LogP contribution in [-0.2, 0) is 6.42 Å². The lowest BCUT2D eigenvalue weighted by Gasteiger charge is -2.13. The maximum absolute atomic E-state index is 5.19. The molecule has 2 heterocycles. The Kier molecular flexibility index (Phi) is 7.64. The number of hydrogen-bond acceptors (Lipinski definition) is 3. The molecule has 8 aromatic rings. The van der Waals surface area contributed by atoms with Crippen LogP contribution < -0.4 is 0 Å². The Morgan fingerprint density at radius 3 is 1.90 bits per heavy atom. The smallest absolute Gasteiger partial charge is 0.160 e. The van der Waals surface area contributed by atoms with Gasteiger partial charge in [0.15, 0.2) is 5.82 Å². The fourth-order valence-corrected chi connectivity index (χ4v) is 6.98. The number of hydrogen-bond donors (Lipinski definition) is 0. The largest absolute Gasteiger partial charge is 0.264 e. The second-order valence-electron chi connectivity index (χ2n) is 12.8. The maximum atomic E-state index is 5.19. The highest BCUT2D eigenvalue weighted by molar-refractivity contribution is 5.97. The fraction of sp³-hybridized carbons (Fsp3) is 0.0426. The third-order valence-corrected chi connectivity index (χ3v) is 9.66. The molecule has 6 aromatic carbocycles. The van der Waals surface area contributed by atoms with E-state index in [-0.39, 0.29) is 0 Å². The van der Waals surface area contributed by atoms with Crippen LogP contribution in [0.4, 0.5) is 0 Å². The molecule has 0 unspecified atom stereocenters. The summed E-state index contributed by atoms with van der Waals surface area (Å²) in [4.78, 5) is 14.7. The summed E-state index contributed by atoms with van der Waals surface area (Å²) >= 11 is 0. The molecule has 0 N–H and O–H groups in total. The van der Waals surface area contributed by atoms with Gasteiger partial charge in [0.05, 0.1) is 11.4 Å². The quantitative estimate of drug-likeness (QED) is 0.182. The lowest BCUT2D eigenvalue weighted by atomic mass is 9.93. The first-order chi connectivity index (χ1) is 24.7. The predicted molar refractivity (Wildman–Crippen MR) is 207 cm³/mol. The summed E-state index contributed by atoms with van der Waals surface area (Å²) < 4.78 is 0. The molecule has 3 nitrogen and oxygen atoms in total. The summed E-state index contributed by atoms with van der Waals surface area (Å²) in [5, 5.41) is 2.45. The second kappa shape index (κ2) is 12.9. The van der Waals surface area contributed by atoms with E-state index in [4.69, 9.17) is 9.97 Å². The Morgan fingerprint density at radius 2 is 1.12 bits per heavy atom. The molecule has 0 fully saturated rings. The van der Waals surface area contributed by atoms with Crippen molar-refractivity contribution in [3.05, 3.63) is 181 Å². The highest BCUT2D eigenvalue weighted by atomic mass is 14.9.